The maximum atomic E-state index is 14.2. The third kappa shape index (κ3) is 11.0. The Morgan fingerprint density at radius 1 is 1.00 bits per heavy atom. The first-order chi connectivity index (χ1) is 31.6. The van der Waals surface area contributed by atoms with Crippen LogP contribution in [0.25, 0.3) is 16.0 Å². The van der Waals surface area contributed by atoms with E-state index in [9.17, 15) is 19.3 Å². The zero-order chi connectivity index (χ0) is 49.9. The Hall–Kier alpha value is -2.74. The molecule has 0 saturated carbocycles. The quantitative estimate of drug-likeness (QED) is 0.0976. The molecular weight excluding hydrogens is 995 g/mol. The highest BCUT2D eigenvalue weighted by Crippen LogP contribution is 2.58. The molecule has 374 valence electrons. The Bertz CT molecular complexity index is 2570. The average molecular weight is 1060 g/mol. The fraction of sp³-hybridized carbons (Fsp3) is 0.683. The van der Waals surface area contributed by atoms with Gasteiger partial charge in [0, 0.05) is 18.3 Å². The SMILES string of the molecule is [C-]#[N+]CCOP1(=S)OC[C@H]2O[C@@H](N3C=CC4=NC=CC4C3=O)[C@H](O[Si](C)(C)C(C)(C)C)[C@@H]2OP(O)(=S)OC[C@H]2O[C@@H](n3cnc4c(=O)[nH]c(NC(=O)C(C)C)nc43)[C@H](O1)[C@@H]2O[Si](C)(C)C(C)(C)C. The van der Waals surface area contributed by atoms with Crippen LogP contribution in [0.1, 0.15) is 61.6 Å². The lowest BCUT2D eigenvalue weighted by Crippen LogP contribution is -2.55. The molecule has 3 saturated heterocycles. The Balaban J connectivity index is 1.34. The zero-order valence-electron chi connectivity index (χ0n) is 40.2. The maximum absolute atomic E-state index is 14.2. The van der Waals surface area contributed by atoms with E-state index in [1.54, 1.807) is 38.4 Å². The smallest absolute Gasteiger partial charge is 0.328 e. The number of carbonyl (C=O) groups excluding carboxylic acids is 2. The highest BCUT2D eigenvalue weighted by molar-refractivity contribution is 8.07. The number of ether oxygens (including phenoxy) is 2. The second-order valence-electron chi connectivity index (χ2n) is 20.5. The van der Waals surface area contributed by atoms with Gasteiger partial charge in [-0.25, -0.2) is 11.6 Å². The topological polar surface area (TPSA) is 233 Å². The van der Waals surface area contributed by atoms with Crippen molar-refractivity contribution in [3.05, 3.63) is 52.7 Å². The van der Waals surface area contributed by atoms with E-state index in [1.165, 1.54) is 15.8 Å². The minimum absolute atomic E-state index is 0.0210. The summed E-state index contributed by atoms with van der Waals surface area (Å²) in [5.74, 6) is -1.91. The lowest BCUT2D eigenvalue weighted by atomic mass is 9.99. The Kier molecular flexibility index (Phi) is 15.4. The predicted molar refractivity (Wildman–Crippen MR) is 264 cm³/mol. The highest BCUT2D eigenvalue weighted by atomic mass is 32.5. The molecule has 2 amide bonds. The molecule has 68 heavy (non-hydrogen) atoms. The molecule has 3 fully saturated rings. The summed E-state index contributed by atoms with van der Waals surface area (Å²) in [6.07, 6.45) is -1.11. The number of hydrogen-bond acceptors (Lipinski definition) is 17. The lowest BCUT2D eigenvalue weighted by Gasteiger charge is -2.42. The van der Waals surface area contributed by atoms with Crippen LogP contribution < -0.4 is 10.9 Å². The molecule has 0 spiro atoms. The van der Waals surface area contributed by atoms with Gasteiger partial charge in [-0.15, -0.1) is 0 Å². The number of H-pyrrole nitrogens is 1. The third-order valence-corrected chi connectivity index (χ3v) is 26.2. The van der Waals surface area contributed by atoms with Gasteiger partial charge in [0.1, 0.15) is 49.1 Å². The van der Waals surface area contributed by atoms with Gasteiger partial charge in [-0.05, 0) is 72.0 Å². The minimum Gasteiger partial charge on any atom is -0.408 e. The maximum Gasteiger partial charge on any atom is 0.328 e. The largest absolute Gasteiger partial charge is 0.408 e. The molecule has 2 aromatic heterocycles. The number of fused-ring (bicyclic) bond motifs is 5. The van der Waals surface area contributed by atoms with Crippen molar-refractivity contribution >= 4 is 88.3 Å². The summed E-state index contributed by atoms with van der Waals surface area (Å²) in [7, 11) is -5.49. The summed E-state index contributed by atoms with van der Waals surface area (Å²) in [4.78, 5) is 73.2. The summed E-state index contributed by atoms with van der Waals surface area (Å²) in [5, 5.41) is 1.96. The van der Waals surface area contributed by atoms with Gasteiger partial charge in [-0.1, -0.05) is 55.4 Å². The normalized spacial score (nSPS) is 32.6. The number of amides is 2. The first kappa shape index (κ1) is 53.1. The van der Waals surface area contributed by atoms with Crippen LogP contribution in [0.2, 0.25) is 36.3 Å². The molecule has 27 heteroatoms. The fourth-order valence-electron chi connectivity index (χ4n) is 7.42. The van der Waals surface area contributed by atoms with Crippen LogP contribution in [0.15, 0.2) is 40.7 Å². The van der Waals surface area contributed by atoms with Crippen molar-refractivity contribution in [2.45, 2.75) is 141 Å². The van der Waals surface area contributed by atoms with Gasteiger partial charge in [0.25, 0.3) is 5.56 Å². The Morgan fingerprint density at radius 3 is 2.29 bits per heavy atom. The first-order valence-corrected chi connectivity index (χ1v) is 33.3. The van der Waals surface area contributed by atoms with E-state index in [1.807, 2.05) is 26.2 Å². The number of carbonyl (C=O) groups is 2. The third-order valence-electron chi connectivity index (χ3n) is 13.3. The van der Waals surface area contributed by atoms with E-state index in [2.05, 4.69) is 71.6 Å². The van der Waals surface area contributed by atoms with Gasteiger partial charge >= 0.3 is 13.4 Å². The lowest BCUT2D eigenvalue weighted by molar-refractivity contribution is -0.146. The van der Waals surface area contributed by atoms with Crippen LogP contribution in [0, 0.1) is 18.4 Å². The number of aromatic amines is 1. The van der Waals surface area contributed by atoms with E-state index in [0.717, 1.165) is 0 Å². The van der Waals surface area contributed by atoms with E-state index in [0.29, 0.717) is 5.71 Å². The predicted octanol–water partition coefficient (Wildman–Crippen LogP) is 6.25. The average Bonchev–Trinajstić information content (AvgIpc) is 4.02. The van der Waals surface area contributed by atoms with Crippen molar-refractivity contribution in [2.24, 2.45) is 16.8 Å². The molecule has 21 nitrogen and oxygen atoms in total. The molecule has 5 aliphatic heterocycles. The summed E-state index contributed by atoms with van der Waals surface area (Å²) in [6, 6.07) is 0. The van der Waals surface area contributed by atoms with Crippen LogP contribution in [-0.2, 0) is 74.1 Å². The van der Waals surface area contributed by atoms with Crippen LogP contribution in [0.4, 0.5) is 5.95 Å². The first-order valence-electron chi connectivity index (χ1n) is 22.3. The molecule has 3 unspecified atom stereocenters. The van der Waals surface area contributed by atoms with Crippen molar-refractivity contribution in [1.82, 2.24) is 24.4 Å². The van der Waals surface area contributed by atoms with Crippen molar-refractivity contribution in [3.8, 4) is 0 Å². The molecule has 0 aliphatic carbocycles. The van der Waals surface area contributed by atoms with Crippen molar-refractivity contribution in [3.63, 3.8) is 0 Å². The molecule has 3 N–H and O–H groups in total. The molecule has 0 radical (unpaired) electrons. The summed E-state index contributed by atoms with van der Waals surface area (Å²) >= 11 is 12.0. The van der Waals surface area contributed by atoms with Crippen molar-refractivity contribution < 1.29 is 55.4 Å². The fourth-order valence-corrected chi connectivity index (χ4v) is 13.5. The van der Waals surface area contributed by atoms with Crippen LogP contribution in [0.5, 0.6) is 0 Å². The second kappa shape index (κ2) is 19.7. The molecule has 7 rings (SSSR count). The molecule has 2 bridgehead atoms. The van der Waals surface area contributed by atoms with E-state index in [-0.39, 0.29) is 52.2 Å². The number of imidazole rings is 1. The van der Waals surface area contributed by atoms with Gasteiger partial charge in [0.2, 0.25) is 24.3 Å². The molecule has 11 atom stereocenters. The number of aromatic nitrogens is 4. The molecule has 5 aliphatic rings. The summed E-state index contributed by atoms with van der Waals surface area (Å²) < 4.78 is 61.7. The second-order valence-corrected chi connectivity index (χ2v) is 35.8. The number of rotatable bonds is 11. The number of hydrogen-bond donors (Lipinski definition) is 3. The monoisotopic (exact) mass is 1060 g/mol. The molecule has 0 aromatic carbocycles. The number of nitrogens with one attached hydrogen (secondary N) is 2. The van der Waals surface area contributed by atoms with E-state index >= 15 is 0 Å². The van der Waals surface area contributed by atoms with Crippen molar-refractivity contribution in [2.75, 3.05) is 31.7 Å². The van der Waals surface area contributed by atoms with Crippen LogP contribution >= 0.6 is 13.4 Å². The number of allylic oxidation sites excluding steroid dienone is 1. The van der Waals surface area contributed by atoms with Gasteiger partial charge in [-0.2, -0.15) is 4.98 Å². The summed E-state index contributed by atoms with van der Waals surface area (Å²) in [6.45, 7) is 22.0. The van der Waals surface area contributed by atoms with Gasteiger partial charge in [0.15, 0.2) is 40.3 Å². The van der Waals surface area contributed by atoms with Crippen LogP contribution in [-0.4, -0.2) is 133 Å². The number of nitrogens with zero attached hydrogens (tertiary/aromatic N) is 6. The molecule has 7 heterocycles. The minimum atomic E-state index is -4.30. The molecule has 2 aromatic rings. The van der Waals surface area contributed by atoms with Gasteiger partial charge in [0.05, 0.1) is 25.3 Å². The zero-order valence-corrected chi connectivity index (χ0v) is 45.7. The highest BCUT2D eigenvalue weighted by Gasteiger charge is 2.58. The van der Waals surface area contributed by atoms with Gasteiger partial charge in [-0.3, -0.25) is 48.2 Å². The number of aliphatic imine (C=N–C) groups is 1. The van der Waals surface area contributed by atoms with E-state index < -0.39 is 110 Å². The summed E-state index contributed by atoms with van der Waals surface area (Å²) in [5.41, 5.74) is -0.106. The standard InChI is InChI=1S/C41H62N8O13P2S2Si2/c1-23(2)34(50)46-39-45-33-28(35(51)47-39)44-22-49(33)37-31-30(61-67(10,11)40(3,4)5)27(58-37)20-55-63(53,65)59-29-26(21-56-64(66,60-31)54-19-17-42-9)57-38(32(29)62-68(12,13)41(6,7)8)48-18-15-25-24(36(48)52)14-16-43-25/h14-16,18,22-24,26-27,29-32,37-38H,17,19-21H2,1-8,10-13H3,(H,53,65)(H2,45,46,47,50,51)/t24?,26-,27-,29-,30-,31-,32-,37-,38-,63?,64?/m1/s1. The number of anilines is 1. The van der Waals surface area contributed by atoms with E-state index in [4.69, 9.17) is 71.1 Å². The van der Waals surface area contributed by atoms with Crippen molar-refractivity contribution in [1.29, 1.82) is 0 Å². The Labute approximate surface area is 408 Å². The Morgan fingerprint density at radius 2 is 1.65 bits per heavy atom. The van der Waals surface area contributed by atoms with Crippen LogP contribution in [0.3, 0.4) is 0 Å². The molecular formula is C41H62N8O13P2S2Si2. The van der Waals surface area contributed by atoms with Gasteiger partial charge < -0.3 is 41.6 Å².